The van der Waals surface area contributed by atoms with Crippen molar-refractivity contribution in [2.75, 3.05) is 13.1 Å². The predicted molar refractivity (Wildman–Crippen MR) is 56.9 cm³/mol. The number of rotatable bonds is 4. The number of nitrogens with two attached hydrogens (primary N) is 1. The molecule has 1 aromatic rings. The molecule has 1 rings (SSSR count). The van der Waals surface area contributed by atoms with Gasteiger partial charge in [-0.3, -0.25) is 4.79 Å². The van der Waals surface area contributed by atoms with Gasteiger partial charge in [0.25, 0.3) is 0 Å². The Morgan fingerprint density at radius 2 is 2.00 bits per heavy atom. The van der Waals surface area contributed by atoms with Crippen molar-refractivity contribution in [2.24, 2.45) is 5.73 Å². The van der Waals surface area contributed by atoms with E-state index in [2.05, 4.69) is 36.5 Å². The molecule has 0 saturated carbocycles. The first kappa shape index (κ1) is 10.7. The highest BCUT2D eigenvalue weighted by Gasteiger charge is 1.96. The Kier molecular flexibility index (Phi) is 4.13. The summed E-state index contributed by atoms with van der Waals surface area (Å²) in [5, 5.41) is 2.73. The predicted octanol–water partition coefficient (Wildman–Crippen LogP) is 0.612. The first-order chi connectivity index (χ1) is 6.72. The normalized spacial score (nSPS) is 9.86. The van der Waals surface area contributed by atoms with Crippen LogP contribution in [0.4, 0.5) is 0 Å². The highest BCUT2D eigenvalue weighted by atomic mass is 16.1. The van der Waals surface area contributed by atoms with Gasteiger partial charge in [0.1, 0.15) is 0 Å². The van der Waals surface area contributed by atoms with Crippen molar-refractivity contribution < 1.29 is 4.79 Å². The zero-order valence-electron chi connectivity index (χ0n) is 8.42. The third kappa shape index (κ3) is 3.58. The van der Waals surface area contributed by atoms with Crippen LogP contribution >= 0.6 is 0 Å². The summed E-state index contributed by atoms with van der Waals surface area (Å²) in [4.78, 5) is 10.8. The Hall–Kier alpha value is -1.35. The quantitative estimate of drug-likeness (QED) is 0.734. The molecule has 0 aliphatic rings. The Labute approximate surface area is 84.3 Å². The molecule has 14 heavy (non-hydrogen) atoms. The number of hydrogen-bond donors (Lipinski definition) is 2. The van der Waals surface area contributed by atoms with Crippen LogP contribution in [0.3, 0.4) is 0 Å². The molecule has 0 bridgehead atoms. The van der Waals surface area contributed by atoms with Crippen molar-refractivity contribution in [3.63, 3.8) is 0 Å². The molecule has 0 unspecified atom stereocenters. The Morgan fingerprint density at radius 1 is 1.36 bits per heavy atom. The van der Waals surface area contributed by atoms with Gasteiger partial charge in [-0.25, -0.2) is 0 Å². The van der Waals surface area contributed by atoms with Crippen LogP contribution in [0.15, 0.2) is 24.3 Å². The van der Waals surface area contributed by atoms with Gasteiger partial charge in [0.05, 0.1) is 6.54 Å². The fraction of sp³-hybridized carbons (Fsp3) is 0.364. The SMILES string of the molecule is Cc1ccc(CCNC(=O)CN)cc1. The Morgan fingerprint density at radius 3 is 2.57 bits per heavy atom. The van der Waals surface area contributed by atoms with Crippen LogP contribution in [0.1, 0.15) is 11.1 Å². The van der Waals surface area contributed by atoms with Gasteiger partial charge in [-0.15, -0.1) is 0 Å². The van der Waals surface area contributed by atoms with Gasteiger partial charge < -0.3 is 11.1 Å². The van der Waals surface area contributed by atoms with Gasteiger partial charge in [-0.05, 0) is 18.9 Å². The summed E-state index contributed by atoms with van der Waals surface area (Å²) in [5.74, 6) is -0.0999. The van der Waals surface area contributed by atoms with E-state index in [0.29, 0.717) is 6.54 Å². The van der Waals surface area contributed by atoms with Gasteiger partial charge in [0.2, 0.25) is 5.91 Å². The molecular weight excluding hydrogens is 176 g/mol. The molecule has 0 aliphatic heterocycles. The Bertz CT molecular complexity index is 293. The number of amides is 1. The van der Waals surface area contributed by atoms with Crippen LogP contribution in [-0.4, -0.2) is 19.0 Å². The van der Waals surface area contributed by atoms with Crippen molar-refractivity contribution in [3.8, 4) is 0 Å². The van der Waals surface area contributed by atoms with Crippen molar-refractivity contribution in [1.82, 2.24) is 5.32 Å². The van der Waals surface area contributed by atoms with Crippen molar-refractivity contribution >= 4 is 5.91 Å². The van der Waals surface area contributed by atoms with E-state index in [9.17, 15) is 4.79 Å². The van der Waals surface area contributed by atoms with E-state index < -0.39 is 0 Å². The largest absolute Gasteiger partial charge is 0.355 e. The summed E-state index contributed by atoms with van der Waals surface area (Å²) in [6.45, 7) is 2.77. The minimum atomic E-state index is -0.0999. The van der Waals surface area contributed by atoms with E-state index in [0.717, 1.165) is 6.42 Å². The smallest absolute Gasteiger partial charge is 0.233 e. The van der Waals surface area contributed by atoms with Crippen LogP contribution in [0.25, 0.3) is 0 Å². The number of hydrogen-bond acceptors (Lipinski definition) is 2. The summed E-state index contributed by atoms with van der Waals surface area (Å²) in [5.41, 5.74) is 7.64. The Balaban J connectivity index is 2.31. The molecule has 1 aromatic carbocycles. The third-order valence-corrected chi connectivity index (χ3v) is 2.04. The van der Waals surface area contributed by atoms with Gasteiger partial charge in [-0.2, -0.15) is 0 Å². The molecule has 0 aliphatic carbocycles. The van der Waals surface area contributed by atoms with E-state index in [1.807, 2.05) is 0 Å². The lowest BCUT2D eigenvalue weighted by molar-refractivity contribution is -0.119. The van der Waals surface area contributed by atoms with Gasteiger partial charge >= 0.3 is 0 Å². The lowest BCUT2D eigenvalue weighted by Gasteiger charge is -2.03. The second-order valence-corrected chi connectivity index (χ2v) is 3.29. The van der Waals surface area contributed by atoms with Crippen molar-refractivity contribution in [2.45, 2.75) is 13.3 Å². The molecule has 0 spiro atoms. The summed E-state index contributed by atoms with van der Waals surface area (Å²) in [6, 6.07) is 8.29. The molecular formula is C11H16N2O. The zero-order chi connectivity index (χ0) is 10.4. The van der Waals surface area contributed by atoms with E-state index in [1.165, 1.54) is 11.1 Å². The lowest BCUT2D eigenvalue weighted by atomic mass is 10.1. The average Bonchev–Trinajstić information content (AvgIpc) is 2.21. The molecule has 0 fully saturated rings. The van der Waals surface area contributed by atoms with Gasteiger partial charge in [0.15, 0.2) is 0 Å². The van der Waals surface area contributed by atoms with Gasteiger partial charge in [-0.1, -0.05) is 29.8 Å². The second-order valence-electron chi connectivity index (χ2n) is 3.29. The highest BCUT2D eigenvalue weighted by molar-refractivity contribution is 5.77. The highest BCUT2D eigenvalue weighted by Crippen LogP contribution is 2.02. The second kappa shape index (κ2) is 5.40. The standard InChI is InChI=1S/C11H16N2O/c1-9-2-4-10(5-3-9)6-7-13-11(14)8-12/h2-5H,6-8,12H2,1H3,(H,13,14). The number of benzene rings is 1. The van der Waals surface area contributed by atoms with E-state index in [4.69, 9.17) is 5.73 Å². The zero-order valence-corrected chi connectivity index (χ0v) is 8.42. The van der Waals surface area contributed by atoms with Gasteiger partial charge in [0, 0.05) is 6.54 Å². The van der Waals surface area contributed by atoms with Crippen LogP contribution in [0.2, 0.25) is 0 Å². The monoisotopic (exact) mass is 192 g/mol. The molecule has 0 radical (unpaired) electrons. The van der Waals surface area contributed by atoms with Crippen molar-refractivity contribution in [3.05, 3.63) is 35.4 Å². The molecule has 3 nitrogen and oxygen atoms in total. The summed E-state index contributed by atoms with van der Waals surface area (Å²) >= 11 is 0. The van der Waals surface area contributed by atoms with E-state index in [-0.39, 0.29) is 12.5 Å². The number of carbonyl (C=O) groups excluding carboxylic acids is 1. The fourth-order valence-electron chi connectivity index (χ4n) is 1.17. The maximum Gasteiger partial charge on any atom is 0.233 e. The number of aryl methyl sites for hydroxylation is 1. The maximum atomic E-state index is 10.8. The number of carbonyl (C=O) groups is 1. The van der Waals surface area contributed by atoms with Crippen LogP contribution < -0.4 is 11.1 Å². The summed E-state index contributed by atoms with van der Waals surface area (Å²) in [7, 11) is 0. The minimum Gasteiger partial charge on any atom is -0.355 e. The van der Waals surface area contributed by atoms with Crippen LogP contribution in [0.5, 0.6) is 0 Å². The van der Waals surface area contributed by atoms with Crippen LogP contribution in [-0.2, 0) is 11.2 Å². The summed E-state index contributed by atoms with van der Waals surface area (Å²) in [6.07, 6.45) is 0.853. The lowest BCUT2D eigenvalue weighted by Crippen LogP contribution is -2.31. The average molecular weight is 192 g/mol. The van der Waals surface area contributed by atoms with Crippen LogP contribution in [0, 0.1) is 6.92 Å². The minimum absolute atomic E-state index is 0.0634. The fourth-order valence-corrected chi connectivity index (χ4v) is 1.17. The molecule has 0 saturated heterocycles. The number of nitrogens with one attached hydrogen (secondary N) is 1. The summed E-state index contributed by atoms with van der Waals surface area (Å²) < 4.78 is 0. The molecule has 0 aromatic heterocycles. The molecule has 1 amide bonds. The molecule has 3 heteroatoms. The molecule has 3 N–H and O–H groups in total. The molecule has 0 heterocycles. The third-order valence-electron chi connectivity index (χ3n) is 2.04. The van der Waals surface area contributed by atoms with E-state index >= 15 is 0 Å². The van der Waals surface area contributed by atoms with E-state index in [1.54, 1.807) is 0 Å². The first-order valence-corrected chi connectivity index (χ1v) is 4.74. The molecule has 76 valence electrons. The molecule has 0 atom stereocenters. The first-order valence-electron chi connectivity index (χ1n) is 4.74. The topological polar surface area (TPSA) is 55.1 Å². The van der Waals surface area contributed by atoms with Crippen molar-refractivity contribution in [1.29, 1.82) is 0 Å². The maximum absolute atomic E-state index is 10.8.